The molecule has 3 nitrogen and oxygen atoms in total. The number of rotatable bonds is 2. The molecule has 1 aliphatic rings. The number of carbonyl (C=O) groups is 1. The Morgan fingerprint density at radius 2 is 2.05 bits per heavy atom. The van der Waals surface area contributed by atoms with Gasteiger partial charge in [-0.15, -0.1) is 12.3 Å². The topological polar surface area (TPSA) is 40.5 Å². The summed E-state index contributed by atoms with van der Waals surface area (Å²) in [6.45, 7) is 1.00. The summed E-state index contributed by atoms with van der Waals surface area (Å²) >= 11 is 6.28. The molecule has 0 spiro atoms. The molecule has 0 saturated carbocycles. The normalized spacial score (nSPS) is 17.8. The summed E-state index contributed by atoms with van der Waals surface area (Å²) in [5.74, 6) is 2.72. The fraction of sp³-hybridized carbons (Fsp3) is 0.400. The highest BCUT2D eigenvalue weighted by molar-refractivity contribution is 6.31. The van der Waals surface area contributed by atoms with Gasteiger partial charge in [0.05, 0.1) is 0 Å². The summed E-state index contributed by atoms with van der Waals surface area (Å²) in [7, 11) is 0. The zero-order chi connectivity index (χ0) is 13.9. The Labute approximate surface area is 118 Å². The second-order valence-corrected chi connectivity index (χ2v) is 5.32. The summed E-state index contributed by atoms with van der Waals surface area (Å²) in [6.07, 6.45) is 6.65. The monoisotopic (exact) mass is 277 g/mol. The molecule has 1 heterocycles. The van der Waals surface area contributed by atoms with Gasteiger partial charge in [0.15, 0.2) is 0 Å². The third-order valence-electron chi connectivity index (χ3n) is 3.88. The van der Waals surface area contributed by atoms with E-state index in [-0.39, 0.29) is 5.41 Å². The molecule has 0 atom stereocenters. The van der Waals surface area contributed by atoms with Gasteiger partial charge < -0.3 is 10.0 Å². The molecule has 100 valence electrons. The van der Waals surface area contributed by atoms with Gasteiger partial charge in [-0.05, 0) is 24.5 Å². The quantitative estimate of drug-likeness (QED) is 0.842. The number of benzene rings is 1. The van der Waals surface area contributed by atoms with E-state index < -0.39 is 6.09 Å². The Bertz CT molecular complexity index is 513. The number of terminal acetylenes is 1. The van der Waals surface area contributed by atoms with Crippen molar-refractivity contribution in [1.29, 1.82) is 0 Å². The van der Waals surface area contributed by atoms with Crippen molar-refractivity contribution in [2.45, 2.75) is 24.7 Å². The smallest absolute Gasteiger partial charge is 0.407 e. The number of hydrogen-bond acceptors (Lipinski definition) is 1. The van der Waals surface area contributed by atoms with Gasteiger partial charge in [0.2, 0.25) is 0 Å². The van der Waals surface area contributed by atoms with Crippen molar-refractivity contribution in [3.63, 3.8) is 0 Å². The average molecular weight is 278 g/mol. The SMILES string of the molecule is C#CCC1(c2ccccc2Cl)CCN(C(=O)O)CC1. The minimum Gasteiger partial charge on any atom is -0.465 e. The molecule has 0 bridgehead atoms. The first kappa shape index (κ1) is 13.8. The number of carboxylic acid groups (broad SMARTS) is 1. The Morgan fingerprint density at radius 3 is 2.58 bits per heavy atom. The zero-order valence-corrected chi connectivity index (χ0v) is 11.4. The van der Waals surface area contributed by atoms with E-state index in [0.717, 1.165) is 5.56 Å². The van der Waals surface area contributed by atoms with Crippen LogP contribution in [0.15, 0.2) is 24.3 Å². The fourth-order valence-electron chi connectivity index (χ4n) is 2.75. The molecule has 1 fully saturated rings. The first-order chi connectivity index (χ1) is 9.09. The maximum absolute atomic E-state index is 11.0. The molecule has 0 aromatic heterocycles. The highest BCUT2D eigenvalue weighted by atomic mass is 35.5. The van der Waals surface area contributed by atoms with Crippen molar-refractivity contribution < 1.29 is 9.90 Å². The van der Waals surface area contributed by atoms with Gasteiger partial charge in [0, 0.05) is 29.9 Å². The summed E-state index contributed by atoms with van der Waals surface area (Å²) in [5.41, 5.74) is 0.846. The van der Waals surface area contributed by atoms with Crippen LogP contribution < -0.4 is 0 Å². The van der Waals surface area contributed by atoms with E-state index in [1.807, 2.05) is 24.3 Å². The Hall–Kier alpha value is -1.66. The van der Waals surface area contributed by atoms with Crippen molar-refractivity contribution in [1.82, 2.24) is 4.90 Å². The van der Waals surface area contributed by atoms with Crippen LogP contribution in [-0.4, -0.2) is 29.2 Å². The molecule has 1 aliphatic heterocycles. The van der Waals surface area contributed by atoms with Gasteiger partial charge in [-0.25, -0.2) is 4.79 Å². The van der Waals surface area contributed by atoms with Gasteiger partial charge >= 0.3 is 6.09 Å². The van der Waals surface area contributed by atoms with Crippen LogP contribution in [0, 0.1) is 12.3 Å². The fourth-order valence-corrected chi connectivity index (χ4v) is 3.09. The van der Waals surface area contributed by atoms with Crippen molar-refractivity contribution in [3.8, 4) is 12.3 Å². The highest BCUT2D eigenvalue weighted by Gasteiger charge is 2.38. The molecule has 1 N–H and O–H groups in total. The number of likely N-dealkylation sites (tertiary alicyclic amines) is 1. The Morgan fingerprint density at radius 1 is 1.42 bits per heavy atom. The predicted octanol–water partition coefficient (Wildman–Crippen LogP) is 3.37. The van der Waals surface area contributed by atoms with Crippen LogP contribution in [0.2, 0.25) is 5.02 Å². The van der Waals surface area contributed by atoms with Crippen LogP contribution in [0.4, 0.5) is 4.79 Å². The molecule has 2 rings (SSSR count). The maximum atomic E-state index is 11.0. The molecule has 1 aromatic rings. The molecule has 4 heteroatoms. The molecule has 0 aliphatic carbocycles. The number of piperidine rings is 1. The molecular weight excluding hydrogens is 262 g/mol. The van der Waals surface area contributed by atoms with E-state index in [1.54, 1.807) is 0 Å². The molecule has 0 radical (unpaired) electrons. The van der Waals surface area contributed by atoms with Crippen LogP contribution in [0.3, 0.4) is 0 Å². The predicted molar refractivity (Wildman–Crippen MR) is 75.4 cm³/mol. The zero-order valence-electron chi connectivity index (χ0n) is 10.6. The van der Waals surface area contributed by atoms with Crippen molar-refractivity contribution in [3.05, 3.63) is 34.9 Å². The van der Waals surface area contributed by atoms with Crippen LogP contribution in [0.1, 0.15) is 24.8 Å². The van der Waals surface area contributed by atoms with E-state index in [4.69, 9.17) is 23.1 Å². The average Bonchev–Trinajstić information content (AvgIpc) is 2.40. The molecule has 0 unspecified atom stereocenters. The minimum atomic E-state index is -0.867. The van der Waals surface area contributed by atoms with Gasteiger partial charge in [0.25, 0.3) is 0 Å². The van der Waals surface area contributed by atoms with E-state index >= 15 is 0 Å². The standard InChI is InChI=1S/C15H16ClNO2/c1-2-7-15(12-5-3-4-6-13(12)16)8-10-17(11-9-15)14(18)19/h1,3-6H,7-11H2,(H,18,19). The van der Waals surface area contributed by atoms with Gasteiger partial charge in [-0.3, -0.25) is 0 Å². The van der Waals surface area contributed by atoms with Gasteiger partial charge in [0.1, 0.15) is 0 Å². The molecule has 1 aromatic carbocycles. The first-order valence-corrected chi connectivity index (χ1v) is 6.63. The van der Waals surface area contributed by atoms with Crippen LogP contribution in [0.25, 0.3) is 0 Å². The lowest BCUT2D eigenvalue weighted by molar-refractivity contribution is 0.117. The second-order valence-electron chi connectivity index (χ2n) is 4.91. The van der Waals surface area contributed by atoms with Crippen LogP contribution in [-0.2, 0) is 5.41 Å². The lowest BCUT2D eigenvalue weighted by Gasteiger charge is -2.40. The van der Waals surface area contributed by atoms with Gasteiger partial charge in [-0.1, -0.05) is 29.8 Å². The number of hydrogen-bond donors (Lipinski definition) is 1. The highest BCUT2D eigenvalue weighted by Crippen LogP contribution is 2.41. The number of amides is 1. The molecule has 19 heavy (non-hydrogen) atoms. The van der Waals surface area contributed by atoms with E-state index in [0.29, 0.717) is 37.4 Å². The number of nitrogens with zero attached hydrogens (tertiary/aromatic N) is 1. The summed E-state index contributed by atoms with van der Waals surface area (Å²) < 4.78 is 0. The van der Waals surface area contributed by atoms with E-state index in [2.05, 4.69) is 5.92 Å². The van der Waals surface area contributed by atoms with E-state index in [1.165, 1.54) is 4.90 Å². The Balaban J connectivity index is 2.29. The van der Waals surface area contributed by atoms with Crippen molar-refractivity contribution >= 4 is 17.7 Å². The number of halogens is 1. The lowest BCUT2D eigenvalue weighted by Crippen LogP contribution is -2.44. The van der Waals surface area contributed by atoms with Gasteiger partial charge in [-0.2, -0.15) is 0 Å². The third kappa shape index (κ3) is 2.69. The molecule has 1 saturated heterocycles. The maximum Gasteiger partial charge on any atom is 0.407 e. The largest absolute Gasteiger partial charge is 0.465 e. The minimum absolute atomic E-state index is 0.195. The van der Waals surface area contributed by atoms with Crippen LogP contribution >= 0.6 is 11.6 Å². The van der Waals surface area contributed by atoms with Crippen molar-refractivity contribution in [2.24, 2.45) is 0 Å². The Kier molecular flexibility index (Phi) is 4.01. The summed E-state index contributed by atoms with van der Waals surface area (Å²) in [4.78, 5) is 12.4. The third-order valence-corrected chi connectivity index (χ3v) is 4.21. The van der Waals surface area contributed by atoms with Crippen molar-refractivity contribution in [2.75, 3.05) is 13.1 Å². The molecular formula is C15H16ClNO2. The first-order valence-electron chi connectivity index (χ1n) is 6.25. The lowest BCUT2D eigenvalue weighted by atomic mass is 9.70. The van der Waals surface area contributed by atoms with E-state index in [9.17, 15) is 4.79 Å². The van der Waals surface area contributed by atoms with Crippen LogP contribution in [0.5, 0.6) is 0 Å². The molecule has 1 amide bonds. The second kappa shape index (κ2) is 5.54. The summed E-state index contributed by atoms with van der Waals surface area (Å²) in [5, 5.41) is 9.73. The summed E-state index contributed by atoms with van der Waals surface area (Å²) in [6, 6.07) is 7.69.